The van der Waals surface area contributed by atoms with Crippen molar-refractivity contribution in [2.24, 2.45) is 40.9 Å². The number of phenolic OH excluding ortho intramolecular Hbond substituents is 4. The molecular weight excluding hydrogens is 1330 g/mol. The summed E-state index contributed by atoms with van der Waals surface area (Å²) in [5, 5.41) is 82.8. The van der Waals surface area contributed by atoms with Crippen molar-refractivity contribution in [1.29, 1.82) is 0 Å². The van der Waals surface area contributed by atoms with E-state index in [-0.39, 0.29) is 76.3 Å². The number of fused-ring (bicyclic) bond motifs is 4. The minimum Gasteiger partial charge on any atom is -0.506 e. The molecule has 0 spiro atoms. The summed E-state index contributed by atoms with van der Waals surface area (Å²) in [5.74, 6) is -1.16. The Labute approximate surface area is 535 Å². The van der Waals surface area contributed by atoms with E-state index in [0.29, 0.717) is 71.8 Å². The third-order valence-corrected chi connectivity index (χ3v) is 16.0. The minimum atomic E-state index is -0.369. The highest BCUT2D eigenvalue weighted by atomic mass is 35.5. The summed E-state index contributed by atoms with van der Waals surface area (Å²) in [7, 11) is 0. The van der Waals surface area contributed by atoms with Gasteiger partial charge in [-0.2, -0.15) is 17.5 Å². The molecule has 34 heteroatoms. The number of phenols is 4. The number of nitrogens with zero attached hydrogens (tertiary/aromatic N) is 16. The molecule has 0 radical (unpaired) electrons. The quantitative estimate of drug-likeness (QED) is 0.0518. The van der Waals surface area contributed by atoms with Crippen molar-refractivity contribution in [2.45, 2.75) is 20.3 Å². The fraction of sp³-hybridized carbons (Fsp3) is 0.0566. The van der Waals surface area contributed by atoms with Gasteiger partial charge in [-0.3, -0.25) is 9.59 Å². The van der Waals surface area contributed by atoms with E-state index in [9.17, 15) is 30.0 Å². The number of anilines is 2. The molecule has 2 amide bonds. The summed E-state index contributed by atoms with van der Waals surface area (Å²) in [6.07, 6.45) is 6.97. The van der Waals surface area contributed by atoms with E-state index in [2.05, 4.69) is 89.0 Å². The molecule has 0 unspecified atom stereocenters. The first-order valence-corrected chi connectivity index (χ1v) is 29.8. The smallest absolute Gasteiger partial charge is 0.224 e. The van der Waals surface area contributed by atoms with Gasteiger partial charge in [0.1, 0.15) is 27.9 Å². The molecule has 8 aromatic heterocycles. The van der Waals surface area contributed by atoms with Gasteiger partial charge < -0.3 is 31.1 Å². The van der Waals surface area contributed by atoms with Crippen LogP contribution in [0.15, 0.2) is 163 Å². The lowest BCUT2D eigenvalue weighted by Gasteiger charge is -2.09. The van der Waals surface area contributed by atoms with Crippen LogP contribution in [0.25, 0.3) is 44.1 Å². The first kappa shape index (κ1) is 62.8. The molecule has 6 N–H and O–H groups in total. The van der Waals surface area contributed by atoms with E-state index in [1.165, 1.54) is 77.9 Å². The molecule has 24 nitrogen and oxygen atoms in total. The molecule has 0 aliphatic carbocycles. The van der Waals surface area contributed by atoms with Gasteiger partial charge in [0.25, 0.3) is 0 Å². The second-order valence-corrected chi connectivity index (χ2v) is 22.4. The van der Waals surface area contributed by atoms with Gasteiger partial charge in [0, 0.05) is 44.2 Å². The predicted octanol–water partition coefficient (Wildman–Crippen LogP) is 19.5. The van der Waals surface area contributed by atoms with E-state index < -0.39 is 0 Å². The van der Waals surface area contributed by atoms with Crippen molar-refractivity contribution in [3.63, 3.8) is 0 Å². The highest BCUT2D eigenvalue weighted by Crippen LogP contribution is 2.45. The molecule has 0 aliphatic rings. The van der Waals surface area contributed by atoms with E-state index in [1.807, 2.05) is 36.4 Å². The lowest BCUT2D eigenvalue weighted by atomic mass is 10.2. The summed E-state index contributed by atoms with van der Waals surface area (Å²) >= 11 is 40.2. The Balaban J connectivity index is 0.000000139. The van der Waals surface area contributed by atoms with Crippen LogP contribution >= 0.6 is 116 Å². The number of pyridine rings is 4. The average molecular weight is 1360 g/mol. The van der Waals surface area contributed by atoms with E-state index in [0.717, 1.165) is 33.1 Å². The minimum absolute atomic E-state index is 0.0156. The Morgan fingerprint density at radius 1 is 0.448 bits per heavy atom. The first-order chi connectivity index (χ1) is 41.9. The molecule has 0 saturated carbocycles. The van der Waals surface area contributed by atoms with Gasteiger partial charge in [-0.1, -0.05) is 76.5 Å². The van der Waals surface area contributed by atoms with Crippen molar-refractivity contribution in [3.05, 3.63) is 152 Å². The Morgan fingerprint density at radius 3 is 1.36 bits per heavy atom. The lowest BCUT2D eigenvalue weighted by Crippen LogP contribution is -2.09. The number of amides is 2. The first-order valence-electron chi connectivity index (χ1n) is 24.4. The normalized spacial score (nSPS) is 11.4. The van der Waals surface area contributed by atoms with Gasteiger partial charge in [-0.25, -0.2) is 19.9 Å². The number of aromatic hydroxyl groups is 4. The molecule has 12 rings (SSSR count). The van der Waals surface area contributed by atoms with Crippen molar-refractivity contribution in [3.8, 4) is 23.0 Å². The Kier molecular flexibility index (Phi) is 21.0. The number of benzene rings is 4. The standard InChI is InChI=1S/C15H13N5O2S.C14H9Cl2N5O2S.2C12H6Cl2N4OS/c1-2-13(22)17-11-8-9(5-6-12(11)21)18-19-15-10-4-3-7-16-14(10)20-23-15;1-6(22)18-9-5-8(10(15)11(16)12(9)23)19-20-14-7-3-2-4-17-13(7)21-24-14;13-8-4-6(5-9(14)10(8)19)16-17-12-7-2-1-3-15-11(7)18-20-12;13-7-5-10(19)8(14)4-9(7)16-17-12-6-2-1-3-15-11(6)18-20-12/h3-8,21H,2H2,1H3,(H,17,22);2-5,23H,1H3,(H,18,22);2*1-5,19H. The van der Waals surface area contributed by atoms with Crippen LogP contribution in [-0.4, -0.2) is 69.7 Å². The fourth-order valence-electron chi connectivity index (χ4n) is 6.88. The Hall–Kier alpha value is -8.68. The zero-order chi connectivity index (χ0) is 61.7. The van der Waals surface area contributed by atoms with E-state index in [1.54, 1.807) is 56.0 Å². The Bertz CT molecular complexity index is 4640. The number of aromatic nitrogens is 8. The van der Waals surface area contributed by atoms with Gasteiger partial charge in [-0.15, -0.1) is 40.9 Å². The SMILES string of the molecule is CC(=O)Nc1cc(N=Nc2snc3ncccc23)c(Cl)c(Cl)c1O.CCC(=O)Nc1cc(N=Nc2snc3ncccc23)ccc1O.Oc1c(Cl)cc(N=Nc2snc3ncccc23)cc1Cl.Oc1cc(Cl)c(N=Nc2snc3ncccc23)cc1Cl. The van der Waals surface area contributed by atoms with Crippen LogP contribution in [0, 0.1) is 0 Å². The third-order valence-electron chi connectivity index (χ3n) is 11.0. The van der Waals surface area contributed by atoms with Crippen molar-refractivity contribution in [1.82, 2.24) is 37.4 Å². The van der Waals surface area contributed by atoms with Crippen LogP contribution in [0.4, 0.5) is 54.1 Å². The maximum Gasteiger partial charge on any atom is 0.224 e. The number of nitrogens with one attached hydrogen (secondary N) is 2. The Morgan fingerprint density at radius 2 is 0.897 bits per heavy atom. The lowest BCUT2D eigenvalue weighted by molar-refractivity contribution is -0.116. The topological polar surface area (TPSA) is 341 Å². The number of hydrogen-bond donors (Lipinski definition) is 6. The highest BCUT2D eigenvalue weighted by Gasteiger charge is 2.17. The van der Waals surface area contributed by atoms with Gasteiger partial charge in [0.05, 0.1) is 69.4 Å². The molecule has 0 bridgehead atoms. The molecule has 0 saturated heterocycles. The van der Waals surface area contributed by atoms with E-state index in [4.69, 9.17) is 69.6 Å². The maximum atomic E-state index is 11.4. The molecule has 87 heavy (non-hydrogen) atoms. The van der Waals surface area contributed by atoms with Gasteiger partial charge in [0.2, 0.25) is 11.8 Å². The predicted molar refractivity (Wildman–Crippen MR) is 342 cm³/mol. The molecule has 0 fully saturated rings. The van der Waals surface area contributed by atoms with Crippen LogP contribution in [0.2, 0.25) is 30.1 Å². The summed E-state index contributed by atoms with van der Waals surface area (Å²) in [5.41, 5.74) is 4.41. The maximum absolute atomic E-state index is 11.4. The second-order valence-electron chi connectivity index (χ2n) is 17.0. The number of carbonyl (C=O) groups is 2. The molecule has 0 aliphatic heterocycles. The van der Waals surface area contributed by atoms with Gasteiger partial charge in [-0.05, 0) is 137 Å². The van der Waals surface area contributed by atoms with Crippen LogP contribution in [0.5, 0.6) is 23.0 Å². The average Bonchev–Trinajstić information content (AvgIpc) is 3.91. The summed E-state index contributed by atoms with van der Waals surface area (Å²) in [6.45, 7) is 3.04. The highest BCUT2D eigenvalue weighted by molar-refractivity contribution is 7.12. The largest absolute Gasteiger partial charge is 0.506 e. The van der Waals surface area contributed by atoms with Crippen LogP contribution in [-0.2, 0) is 9.59 Å². The third kappa shape index (κ3) is 15.9. The van der Waals surface area contributed by atoms with Crippen molar-refractivity contribution >= 4 is 226 Å². The van der Waals surface area contributed by atoms with Gasteiger partial charge >= 0.3 is 0 Å². The molecule has 12 aromatic rings. The summed E-state index contributed by atoms with van der Waals surface area (Å²) in [6, 6.07) is 26.4. The zero-order valence-electron chi connectivity index (χ0n) is 43.9. The summed E-state index contributed by atoms with van der Waals surface area (Å²) < 4.78 is 16.7. The molecule has 438 valence electrons. The molecule has 0 atom stereocenters. The van der Waals surface area contributed by atoms with Crippen molar-refractivity contribution in [2.75, 3.05) is 10.6 Å². The molecule has 4 aromatic carbocycles. The number of rotatable bonds is 11. The fourth-order valence-corrected chi connectivity index (χ4v) is 10.7. The zero-order valence-corrected chi connectivity index (χ0v) is 51.7. The molecule has 8 heterocycles. The number of halogens is 6. The van der Waals surface area contributed by atoms with Crippen LogP contribution < -0.4 is 10.6 Å². The number of carbonyl (C=O) groups excluding carboxylic acids is 2. The van der Waals surface area contributed by atoms with Crippen LogP contribution in [0.1, 0.15) is 20.3 Å². The number of hydrogen-bond acceptors (Lipinski definition) is 26. The number of azo groups is 4. The van der Waals surface area contributed by atoms with E-state index >= 15 is 0 Å². The summed E-state index contributed by atoms with van der Waals surface area (Å²) in [4.78, 5) is 39.1. The second kappa shape index (κ2) is 29.1. The van der Waals surface area contributed by atoms with Crippen LogP contribution in [0.3, 0.4) is 0 Å². The molecular formula is C53H34Cl6N18O6S4. The van der Waals surface area contributed by atoms with Gasteiger partial charge in [0.15, 0.2) is 54.1 Å². The monoisotopic (exact) mass is 1360 g/mol. The van der Waals surface area contributed by atoms with Crippen molar-refractivity contribution < 1.29 is 30.0 Å².